The average Bonchev–Trinajstić information content (AvgIpc) is 2.48. The van der Waals surface area contributed by atoms with E-state index < -0.39 is 0 Å². The van der Waals surface area contributed by atoms with Gasteiger partial charge in [0.15, 0.2) is 5.84 Å². The minimum atomic E-state index is 0.00621. The summed E-state index contributed by atoms with van der Waals surface area (Å²) in [6.07, 6.45) is 1.63. The van der Waals surface area contributed by atoms with Crippen molar-refractivity contribution in [1.82, 2.24) is 4.98 Å². The highest BCUT2D eigenvalue weighted by atomic mass is 16.4. The molecular weight excluding hydrogens is 252 g/mol. The summed E-state index contributed by atoms with van der Waals surface area (Å²) in [6, 6.07) is 11.9. The van der Waals surface area contributed by atoms with E-state index in [0.29, 0.717) is 5.69 Å². The Labute approximate surface area is 118 Å². The highest BCUT2D eigenvalue weighted by Gasteiger charge is 2.15. The Bertz CT molecular complexity index is 625. The fourth-order valence-electron chi connectivity index (χ4n) is 2.15. The highest BCUT2D eigenvalue weighted by molar-refractivity contribution is 6.01. The first-order valence-corrected chi connectivity index (χ1v) is 6.44. The zero-order chi connectivity index (χ0) is 14.5. The van der Waals surface area contributed by atoms with Gasteiger partial charge in [0.05, 0.1) is 5.69 Å². The van der Waals surface area contributed by atoms with E-state index in [1.54, 1.807) is 6.20 Å². The normalized spacial score (nSPS) is 11.4. The minimum absolute atomic E-state index is 0.00621. The van der Waals surface area contributed by atoms with Crippen LogP contribution in [0, 0.1) is 6.92 Å². The van der Waals surface area contributed by atoms with Gasteiger partial charge >= 0.3 is 0 Å². The number of hydrogen-bond donors (Lipinski definition) is 2. The number of nitrogens with zero attached hydrogens (tertiary/aromatic N) is 3. The molecule has 5 nitrogen and oxygen atoms in total. The van der Waals surface area contributed by atoms with E-state index in [-0.39, 0.29) is 5.84 Å². The third-order valence-electron chi connectivity index (χ3n) is 3.06. The summed E-state index contributed by atoms with van der Waals surface area (Å²) in [5, 5.41) is 11.9. The lowest BCUT2D eigenvalue weighted by Gasteiger charge is -2.25. The minimum Gasteiger partial charge on any atom is -0.409 e. The Kier molecular flexibility index (Phi) is 4.20. The number of aromatic nitrogens is 1. The summed E-state index contributed by atoms with van der Waals surface area (Å²) >= 11 is 0. The van der Waals surface area contributed by atoms with Gasteiger partial charge in [0.25, 0.3) is 0 Å². The number of amidine groups is 1. The van der Waals surface area contributed by atoms with Crippen LogP contribution in [0.3, 0.4) is 0 Å². The number of hydrogen-bond acceptors (Lipinski definition) is 4. The van der Waals surface area contributed by atoms with Gasteiger partial charge in [-0.25, -0.2) is 0 Å². The van der Waals surface area contributed by atoms with E-state index >= 15 is 0 Å². The molecule has 0 amide bonds. The Balaban J connectivity index is 2.53. The Morgan fingerprint density at radius 3 is 2.80 bits per heavy atom. The van der Waals surface area contributed by atoms with Crippen LogP contribution < -0.4 is 10.6 Å². The smallest absolute Gasteiger partial charge is 0.190 e. The Morgan fingerprint density at radius 2 is 2.15 bits per heavy atom. The van der Waals surface area contributed by atoms with E-state index in [9.17, 15) is 0 Å². The van der Waals surface area contributed by atoms with Gasteiger partial charge in [-0.15, -0.1) is 0 Å². The van der Waals surface area contributed by atoms with Crippen LogP contribution in [-0.4, -0.2) is 22.6 Å². The summed E-state index contributed by atoms with van der Waals surface area (Å²) in [5.74, 6) is 0.00621. The van der Waals surface area contributed by atoms with Crippen LogP contribution in [-0.2, 0) is 0 Å². The van der Waals surface area contributed by atoms with Crippen molar-refractivity contribution >= 4 is 17.2 Å². The number of nitrogens with two attached hydrogens (primary N) is 1. The van der Waals surface area contributed by atoms with E-state index in [0.717, 1.165) is 17.9 Å². The van der Waals surface area contributed by atoms with Gasteiger partial charge in [0, 0.05) is 18.4 Å². The molecule has 0 bridgehead atoms. The SMILES string of the molecule is CCN(c1cccc(C)c1)c1cccnc1/C(N)=N/O. The molecule has 2 rings (SSSR count). The molecule has 0 atom stereocenters. The van der Waals surface area contributed by atoms with Crippen LogP contribution in [0.15, 0.2) is 47.8 Å². The van der Waals surface area contributed by atoms with E-state index in [2.05, 4.69) is 21.1 Å². The molecule has 0 aliphatic heterocycles. The van der Waals surface area contributed by atoms with Crippen molar-refractivity contribution in [3.63, 3.8) is 0 Å². The van der Waals surface area contributed by atoms with Gasteiger partial charge in [-0.2, -0.15) is 0 Å². The van der Waals surface area contributed by atoms with Gasteiger partial charge in [0.1, 0.15) is 5.69 Å². The second kappa shape index (κ2) is 6.06. The maximum Gasteiger partial charge on any atom is 0.190 e. The lowest BCUT2D eigenvalue weighted by Crippen LogP contribution is -2.23. The molecule has 0 spiro atoms. The van der Waals surface area contributed by atoms with Gasteiger partial charge in [-0.3, -0.25) is 4.98 Å². The third kappa shape index (κ3) is 2.71. The molecule has 20 heavy (non-hydrogen) atoms. The standard InChI is InChI=1S/C15H18N4O/c1-3-19(12-7-4-6-11(2)10-12)13-8-5-9-17-14(13)15(16)18-20/h4-10,20H,3H2,1-2H3,(H2,16,18). The number of benzene rings is 1. The van der Waals surface area contributed by atoms with E-state index in [4.69, 9.17) is 10.9 Å². The summed E-state index contributed by atoms with van der Waals surface area (Å²) in [7, 11) is 0. The van der Waals surface area contributed by atoms with Crippen molar-refractivity contribution < 1.29 is 5.21 Å². The quantitative estimate of drug-likeness (QED) is 0.387. The lowest BCUT2D eigenvalue weighted by atomic mass is 10.1. The number of rotatable bonds is 4. The van der Waals surface area contributed by atoms with Crippen LogP contribution in [0.5, 0.6) is 0 Å². The van der Waals surface area contributed by atoms with Gasteiger partial charge in [-0.1, -0.05) is 17.3 Å². The molecule has 0 saturated heterocycles. The molecule has 0 aliphatic rings. The summed E-state index contributed by atoms with van der Waals surface area (Å²) in [6.45, 7) is 4.84. The van der Waals surface area contributed by atoms with Crippen LogP contribution in [0.2, 0.25) is 0 Å². The Hall–Kier alpha value is -2.56. The number of pyridine rings is 1. The molecule has 2 aromatic rings. The summed E-state index contributed by atoms with van der Waals surface area (Å²) in [4.78, 5) is 6.29. The lowest BCUT2D eigenvalue weighted by molar-refractivity contribution is 0.318. The molecule has 0 saturated carbocycles. The van der Waals surface area contributed by atoms with Crippen LogP contribution >= 0.6 is 0 Å². The van der Waals surface area contributed by atoms with Crippen LogP contribution in [0.4, 0.5) is 11.4 Å². The van der Waals surface area contributed by atoms with Crippen molar-refractivity contribution in [3.8, 4) is 0 Å². The molecule has 1 aromatic heterocycles. The van der Waals surface area contributed by atoms with Crippen molar-refractivity contribution in [2.75, 3.05) is 11.4 Å². The van der Waals surface area contributed by atoms with Gasteiger partial charge < -0.3 is 15.8 Å². The van der Waals surface area contributed by atoms with E-state index in [1.165, 1.54) is 5.56 Å². The topological polar surface area (TPSA) is 74.7 Å². The number of aryl methyl sites for hydroxylation is 1. The zero-order valence-electron chi connectivity index (χ0n) is 11.6. The first kappa shape index (κ1) is 13.9. The molecule has 3 N–H and O–H groups in total. The highest BCUT2D eigenvalue weighted by Crippen LogP contribution is 2.27. The van der Waals surface area contributed by atoms with Gasteiger partial charge in [-0.05, 0) is 43.7 Å². The fourth-order valence-corrected chi connectivity index (χ4v) is 2.15. The maximum absolute atomic E-state index is 8.89. The van der Waals surface area contributed by atoms with Crippen molar-refractivity contribution in [3.05, 3.63) is 53.9 Å². The predicted octanol–water partition coefficient (Wildman–Crippen LogP) is 2.64. The second-order valence-corrected chi connectivity index (χ2v) is 4.44. The van der Waals surface area contributed by atoms with Crippen LogP contribution in [0.1, 0.15) is 18.2 Å². The molecule has 5 heteroatoms. The fraction of sp³-hybridized carbons (Fsp3) is 0.200. The molecule has 0 aliphatic carbocycles. The molecule has 0 radical (unpaired) electrons. The molecule has 0 unspecified atom stereocenters. The maximum atomic E-state index is 8.89. The molecule has 104 valence electrons. The predicted molar refractivity (Wildman–Crippen MR) is 80.6 cm³/mol. The first-order valence-electron chi connectivity index (χ1n) is 6.44. The first-order chi connectivity index (χ1) is 9.67. The molecule has 1 aromatic carbocycles. The third-order valence-corrected chi connectivity index (χ3v) is 3.06. The van der Waals surface area contributed by atoms with Crippen molar-refractivity contribution in [2.24, 2.45) is 10.9 Å². The Morgan fingerprint density at radius 1 is 1.35 bits per heavy atom. The zero-order valence-corrected chi connectivity index (χ0v) is 11.6. The molecule has 1 heterocycles. The average molecular weight is 270 g/mol. The van der Waals surface area contributed by atoms with Crippen molar-refractivity contribution in [2.45, 2.75) is 13.8 Å². The second-order valence-electron chi connectivity index (χ2n) is 4.44. The van der Waals surface area contributed by atoms with Crippen LogP contribution in [0.25, 0.3) is 0 Å². The van der Waals surface area contributed by atoms with Gasteiger partial charge in [0.2, 0.25) is 0 Å². The van der Waals surface area contributed by atoms with E-state index in [1.807, 2.05) is 44.2 Å². The van der Waals surface area contributed by atoms with Crippen molar-refractivity contribution in [1.29, 1.82) is 0 Å². The summed E-state index contributed by atoms with van der Waals surface area (Å²) in [5.41, 5.74) is 9.22. The number of anilines is 2. The largest absolute Gasteiger partial charge is 0.409 e. The molecular formula is C15H18N4O. The monoisotopic (exact) mass is 270 g/mol. The molecule has 0 fully saturated rings. The number of oxime groups is 1. The summed E-state index contributed by atoms with van der Waals surface area (Å²) < 4.78 is 0.